The van der Waals surface area contributed by atoms with Crippen LogP contribution >= 0.6 is 0 Å². The van der Waals surface area contributed by atoms with Crippen LogP contribution in [0.25, 0.3) is 0 Å². The number of Topliss-reactive ketones (excluding diaryl/α,β-unsaturated/α-hetero) is 1. The van der Waals surface area contributed by atoms with Crippen LogP contribution in [-0.2, 0) is 5.60 Å². The first kappa shape index (κ1) is 18.7. The molecule has 1 saturated heterocycles. The fourth-order valence-corrected chi connectivity index (χ4v) is 3.75. The Balaban J connectivity index is 1.46. The SMILES string of the molecule is Cc1ccccc1C1(O)CCN(CCCC(=O)c2ccc(F)cc2)CC1. The lowest BCUT2D eigenvalue weighted by atomic mass is 9.82. The number of carbonyl (C=O) groups excluding carboxylic acids is 1. The number of nitrogens with zero attached hydrogens (tertiary/aromatic N) is 1. The van der Waals surface area contributed by atoms with Crippen molar-refractivity contribution in [1.29, 1.82) is 0 Å². The molecule has 2 aromatic rings. The van der Waals surface area contributed by atoms with Crippen LogP contribution in [0.4, 0.5) is 4.39 Å². The first-order valence-electron chi connectivity index (χ1n) is 9.27. The molecule has 0 saturated carbocycles. The van der Waals surface area contributed by atoms with Crippen LogP contribution < -0.4 is 0 Å². The molecule has 1 N–H and O–H groups in total. The Bertz CT molecular complexity index is 749. The summed E-state index contributed by atoms with van der Waals surface area (Å²) >= 11 is 0. The van der Waals surface area contributed by atoms with Gasteiger partial charge in [-0.05, 0) is 68.1 Å². The van der Waals surface area contributed by atoms with Crippen molar-refractivity contribution in [2.24, 2.45) is 0 Å². The molecule has 3 rings (SSSR count). The number of hydrogen-bond donors (Lipinski definition) is 1. The van der Waals surface area contributed by atoms with E-state index in [2.05, 4.69) is 4.90 Å². The fraction of sp³-hybridized carbons (Fsp3) is 0.409. The lowest BCUT2D eigenvalue weighted by Gasteiger charge is -2.39. The van der Waals surface area contributed by atoms with Crippen LogP contribution in [0.1, 0.15) is 47.2 Å². The highest BCUT2D eigenvalue weighted by Crippen LogP contribution is 2.34. The average molecular weight is 355 g/mol. The van der Waals surface area contributed by atoms with Gasteiger partial charge in [-0.3, -0.25) is 4.79 Å². The zero-order chi connectivity index (χ0) is 18.6. The van der Waals surface area contributed by atoms with Crippen molar-refractivity contribution < 1.29 is 14.3 Å². The number of aryl methyl sites for hydroxylation is 1. The Labute approximate surface area is 154 Å². The van der Waals surface area contributed by atoms with Crippen molar-refractivity contribution in [1.82, 2.24) is 4.90 Å². The van der Waals surface area contributed by atoms with Gasteiger partial charge in [-0.25, -0.2) is 4.39 Å². The predicted molar refractivity (Wildman–Crippen MR) is 101 cm³/mol. The summed E-state index contributed by atoms with van der Waals surface area (Å²) < 4.78 is 12.9. The average Bonchev–Trinajstić information content (AvgIpc) is 2.64. The minimum Gasteiger partial charge on any atom is -0.385 e. The van der Waals surface area contributed by atoms with Gasteiger partial charge < -0.3 is 10.0 Å². The van der Waals surface area contributed by atoms with E-state index in [1.807, 2.05) is 31.2 Å². The minimum atomic E-state index is -0.744. The monoisotopic (exact) mass is 355 g/mol. The third-order valence-corrected chi connectivity index (χ3v) is 5.37. The van der Waals surface area contributed by atoms with Gasteiger partial charge in [0.2, 0.25) is 0 Å². The highest BCUT2D eigenvalue weighted by molar-refractivity contribution is 5.95. The van der Waals surface area contributed by atoms with Crippen LogP contribution in [0.3, 0.4) is 0 Å². The first-order chi connectivity index (χ1) is 12.5. The molecule has 1 heterocycles. The highest BCUT2D eigenvalue weighted by Gasteiger charge is 2.34. The maximum Gasteiger partial charge on any atom is 0.162 e. The van der Waals surface area contributed by atoms with E-state index in [0.29, 0.717) is 24.8 Å². The summed E-state index contributed by atoms with van der Waals surface area (Å²) in [6.07, 6.45) is 2.66. The Morgan fingerprint density at radius 2 is 1.77 bits per heavy atom. The number of likely N-dealkylation sites (tertiary alicyclic amines) is 1. The fourth-order valence-electron chi connectivity index (χ4n) is 3.75. The molecule has 0 aromatic heterocycles. The zero-order valence-electron chi connectivity index (χ0n) is 15.2. The summed E-state index contributed by atoms with van der Waals surface area (Å²) in [6.45, 7) is 4.54. The van der Waals surface area contributed by atoms with Crippen LogP contribution in [-0.4, -0.2) is 35.4 Å². The molecule has 0 unspecified atom stereocenters. The standard InChI is InChI=1S/C22H26FNO2/c1-17-5-2-3-6-20(17)22(26)12-15-24(16-13-22)14-4-7-21(25)18-8-10-19(23)11-9-18/h2-3,5-6,8-11,26H,4,7,12-16H2,1H3. The number of rotatable bonds is 6. The molecule has 138 valence electrons. The smallest absolute Gasteiger partial charge is 0.162 e. The molecule has 0 atom stereocenters. The van der Waals surface area contributed by atoms with E-state index in [1.165, 1.54) is 12.1 Å². The molecule has 1 fully saturated rings. The maximum absolute atomic E-state index is 12.9. The molecule has 0 radical (unpaired) electrons. The van der Waals surface area contributed by atoms with E-state index in [0.717, 1.165) is 37.2 Å². The van der Waals surface area contributed by atoms with Crippen molar-refractivity contribution in [3.05, 3.63) is 71.0 Å². The van der Waals surface area contributed by atoms with Gasteiger partial charge >= 0.3 is 0 Å². The van der Waals surface area contributed by atoms with Gasteiger partial charge in [0, 0.05) is 25.1 Å². The van der Waals surface area contributed by atoms with Gasteiger partial charge in [0.1, 0.15) is 5.82 Å². The third kappa shape index (κ3) is 4.37. The van der Waals surface area contributed by atoms with E-state index in [1.54, 1.807) is 12.1 Å². The molecule has 0 bridgehead atoms. The molecule has 4 heteroatoms. The van der Waals surface area contributed by atoms with Gasteiger partial charge in [-0.15, -0.1) is 0 Å². The Hall–Kier alpha value is -2.04. The van der Waals surface area contributed by atoms with E-state index >= 15 is 0 Å². The van der Waals surface area contributed by atoms with Gasteiger partial charge in [0.25, 0.3) is 0 Å². The van der Waals surface area contributed by atoms with Crippen molar-refractivity contribution in [2.75, 3.05) is 19.6 Å². The highest BCUT2D eigenvalue weighted by atomic mass is 19.1. The van der Waals surface area contributed by atoms with Crippen LogP contribution in [0.2, 0.25) is 0 Å². The lowest BCUT2D eigenvalue weighted by Crippen LogP contribution is -2.43. The summed E-state index contributed by atoms with van der Waals surface area (Å²) in [5, 5.41) is 11.0. The van der Waals surface area contributed by atoms with Gasteiger partial charge in [0.15, 0.2) is 5.78 Å². The Morgan fingerprint density at radius 1 is 1.12 bits per heavy atom. The van der Waals surface area contributed by atoms with Crippen molar-refractivity contribution >= 4 is 5.78 Å². The van der Waals surface area contributed by atoms with Crippen LogP contribution in [0.15, 0.2) is 48.5 Å². The van der Waals surface area contributed by atoms with Crippen molar-refractivity contribution in [3.8, 4) is 0 Å². The predicted octanol–water partition coefficient (Wildman–Crippen LogP) is 4.08. The molecule has 0 spiro atoms. The largest absolute Gasteiger partial charge is 0.385 e. The summed E-state index contributed by atoms with van der Waals surface area (Å²) in [4.78, 5) is 14.5. The summed E-state index contributed by atoms with van der Waals surface area (Å²) in [7, 11) is 0. The second-order valence-electron chi connectivity index (χ2n) is 7.22. The third-order valence-electron chi connectivity index (χ3n) is 5.37. The number of halogens is 1. The van der Waals surface area contributed by atoms with E-state index < -0.39 is 5.60 Å². The maximum atomic E-state index is 12.9. The molecule has 1 aliphatic heterocycles. The topological polar surface area (TPSA) is 40.5 Å². The molecular formula is C22H26FNO2. The van der Waals surface area contributed by atoms with E-state index in [4.69, 9.17) is 0 Å². The van der Waals surface area contributed by atoms with Gasteiger partial charge in [-0.2, -0.15) is 0 Å². The van der Waals surface area contributed by atoms with Crippen LogP contribution in [0, 0.1) is 12.7 Å². The summed E-state index contributed by atoms with van der Waals surface area (Å²) in [5.74, 6) is -0.269. The zero-order valence-corrected chi connectivity index (χ0v) is 15.2. The summed E-state index contributed by atoms with van der Waals surface area (Å²) in [5.41, 5.74) is 1.99. The molecule has 3 nitrogen and oxygen atoms in total. The number of aliphatic hydroxyl groups is 1. The summed E-state index contributed by atoms with van der Waals surface area (Å²) in [6, 6.07) is 13.8. The number of hydrogen-bond acceptors (Lipinski definition) is 3. The normalized spacial score (nSPS) is 17.2. The van der Waals surface area contributed by atoms with Crippen molar-refractivity contribution in [3.63, 3.8) is 0 Å². The molecule has 0 amide bonds. The Morgan fingerprint density at radius 3 is 2.42 bits per heavy atom. The molecule has 2 aromatic carbocycles. The van der Waals surface area contributed by atoms with Gasteiger partial charge in [0.05, 0.1) is 5.60 Å². The van der Waals surface area contributed by atoms with Crippen LogP contribution in [0.5, 0.6) is 0 Å². The Kier molecular flexibility index (Phi) is 5.84. The van der Waals surface area contributed by atoms with Gasteiger partial charge in [-0.1, -0.05) is 24.3 Å². The number of carbonyl (C=O) groups is 1. The van der Waals surface area contributed by atoms with E-state index in [-0.39, 0.29) is 11.6 Å². The van der Waals surface area contributed by atoms with Crippen molar-refractivity contribution in [2.45, 2.75) is 38.2 Å². The second kappa shape index (κ2) is 8.11. The quantitative estimate of drug-likeness (QED) is 0.794. The number of ketones is 1. The van der Waals surface area contributed by atoms with E-state index in [9.17, 15) is 14.3 Å². The molecule has 1 aliphatic rings. The molecule has 26 heavy (non-hydrogen) atoms. The lowest BCUT2D eigenvalue weighted by molar-refractivity contribution is -0.0265. The minimum absolute atomic E-state index is 0.0541. The second-order valence-corrected chi connectivity index (χ2v) is 7.22. The molecule has 0 aliphatic carbocycles. The molecular weight excluding hydrogens is 329 g/mol. The number of benzene rings is 2. The number of piperidine rings is 1. The first-order valence-corrected chi connectivity index (χ1v) is 9.27.